The van der Waals surface area contributed by atoms with Crippen molar-refractivity contribution < 1.29 is 13.2 Å². The van der Waals surface area contributed by atoms with Crippen LogP contribution >= 0.6 is 0 Å². The van der Waals surface area contributed by atoms with Gasteiger partial charge in [0.15, 0.2) is 0 Å². The fourth-order valence-corrected chi connectivity index (χ4v) is 3.17. The van der Waals surface area contributed by atoms with Crippen LogP contribution in [0, 0.1) is 26.2 Å². The summed E-state index contributed by atoms with van der Waals surface area (Å²) in [5.41, 5.74) is 2.78. The minimum absolute atomic E-state index is 0.0933. The van der Waals surface area contributed by atoms with Gasteiger partial charge in [-0.1, -0.05) is 26.0 Å². The molecule has 108 valence electrons. The molecule has 0 aliphatic carbocycles. The van der Waals surface area contributed by atoms with Gasteiger partial charge < -0.3 is 4.74 Å². The smallest absolute Gasteiger partial charge is 0.209 e. The van der Waals surface area contributed by atoms with Crippen LogP contribution in [0.3, 0.4) is 0 Å². The predicted molar refractivity (Wildman–Crippen MR) is 77.9 cm³/mol. The maximum absolute atomic E-state index is 11.2. The van der Waals surface area contributed by atoms with Crippen LogP contribution in [0.25, 0.3) is 0 Å². The molecule has 1 rings (SSSR count). The Kier molecular flexibility index (Phi) is 4.63. The molecule has 0 bridgehead atoms. The summed E-state index contributed by atoms with van der Waals surface area (Å²) in [6.45, 7) is 9.99. The molecule has 0 radical (unpaired) electrons. The van der Waals surface area contributed by atoms with E-state index in [0.717, 1.165) is 22.4 Å². The lowest BCUT2D eigenvalue weighted by Crippen LogP contribution is -2.33. The van der Waals surface area contributed by atoms with Crippen LogP contribution in [0.15, 0.2) is 12.1 Å². The normalized spacial score (nSPS) is 12.5. The molecule has 1 aromatic rings. The Morgan fingerprint density at radius 1 is 1.16 bits per heavy atom. The van der Waals surface area contributed by atoms with E-state index in [2.05, 4.69) is 0 Å². The first-order valence-corrected chi connectivity index (χ1v) is 7.93. The van der Waals surface area contributed by atoms with Crippen molar-refractivity contribution in [2.45, 2.75) is 34.6 Å². The Morgan fingerprint density at radius 3 is 2.21 bits per heavy atom. The molecule has 0 aromatic heterocycles. The van der Waals surface area contributed by atoms with Gasteiger partial charge in [0.2, 0.25) is 10.0 Å². The molecule has 0 spiro atoms. The second-order valence-corrected chi connectivity index (χ2v) is 7.53. The van der Waals surface area contributed by atoms with Crippen molar-refractivity contribution in [1.29, 1.82) is 0 Å². The van der Waals surface area contributed by atoms with E-state index in [-0.39, 0.29) is 5.75 Å². The van der Waals surface area contributed by atoms with Gasteiger partial charge in [-0.2, -0.15) is 0 Å². The summed E-state index contributed by atoms with van der Waals surface area (Å²) in [5, 5.41) is 5.09. The van der Waals surface area contributed by atoms with Crippen LogP contribution in [0.1, 0.15) is 30.5 Å². The van der Waals surface area contributed by atoms with Crippen molar-refractivity contribution in [2.75, 3.05) is 12.4 Å². The van der Waals surface area contributed by atoms with Gasteiger partial charge in [0.25, 0.3) is 0 Å². The van der Waals surface area contributed by atoms with E-state index in [1.54, 1.807) is 0 Å². The number of primary sulfonamides is 1. The third-order valence-corrected chi connectivity index (χ3v) is 4.26. The summed E-state index contributed by atoms with van der Waals surface area (Å²) in [5.74, 6) is 0.742. The highest BCUT2D eigenvalue weighted by Gasteiger charge is 2.25. The highest BCUT2D eigenvalue weighted by atomic mass is 32.2. The Labute approximate surface area is 116 Å². The summed E-state index contributed by atoms with van der Waals surface area (Å²) in [7, 11) is -3.49. The van der Waals surface area contributed by atoms with Crippen molar-refractivity contribution in [3.05, 3.63) is 28.8 Å². The zero-order chi connectivity index (χ0) is 14.8. The average molecular weight is 285 g/mol. The number of hydrogen-bond acceptors (Lipinski definition) is 3. The largest absolute Gasteiger partial charge is 0.492 e. The van der Waals surface area contributed by atoms with E-state index >= 15 is 0 Å². The van der Waals surface area contributed by atoms with Crippen LogP contribution in [0.5, 0.6) is 5.75 Å². The lowest BCUT2D eigenvalue weighted by molar-refractivity contribution is 0.197. The lowest BCUT2D eigenvalue weighted by atomic mass is 9.98. The van der Waals surface area contributed by atoms with Crippen molar-refractivity contribution in [3.8, 4) is 5.75 Å². The Balaban J connectivity index is 2.85. The first-order valence-electron chi connectivity index (χ1n) is 6.22. The molecule has 0 amide bonds. The standard InChI is InChI=1S/C14H23NO3S/c1-10-6-7-11(2)13(12(10)3)18-8-14(4,5)9-19(15,16)17/h6-7H,8-9H2,1-5H3,(H2,15,16,17). The summed E-state index contributed by atoms with van der Waals surface area (Å²) >= 11 is 0. The number of nitrogens with two attached hydrogens (primary N) is 1. The Morgan fingerprint density at radius 2 is 1.68 bits per heavy atom. The number of hydrogen-bond donors (Lipinski definition) is 1. The van der Waals surface area contributed by atoms with Gasteiger partial charge in [0, 0.05) is 5.41 Å². The molecule has 0 saturated heterocycles. The van der Waals surface area contributed by atoms with Crippen molar-refractivity contribution in [1.82, 2.24) is 0 Å². The number of benzene rings is 1. The molecule has 0 aliphatic heterocycles. The van der Waals surface area contributed by atoms with Gasteiger partial charge in [0.05, 0.1) is 12.4 Å². The van der Waals surface area contributed by atoms with E-state index in [1.165, 1.54) is 0 Å². The number of ether oxygens (including phenoxy) is 1. The van der Waals surface area contributed by atoms with Crippen molar-refractivity contribution >= 4 is 10.0 Å². The first-order chi connectivity index (χ1) is 8.52. The molecule has 0 aliphatic rings. The SMILES string of the molecule is Cc1ccc(C)c(OCC(C)(C)CS(N)(=O)=O)c1C. The fraction of sp³-hybridized carbons (Fsp3) is 0.571. The quantitative estimate of drug-likeness (QED) is 0.902. The maximum atomic E-state index is 11.2. The molecule has 0 fully saturated rings. The van der Waals surface area contributed by atoms with Gasteiger partial charge in [-0.15, -0.1) is 0 Å². The highest BCUT2D eigenvalue weighted by molar-refractivity contribution is 7.89. The van der Waals surface area contributed by atoms with Crippen LogP contribution in [-0.4, -0.2) is 20.8 Å². The maximum Gasteiger partial charge on any atom is 0.209 e. The van der Waals surface area contributed by atoms with Gasteiger partial charge in [-0.3, -0.25) is 0 Å². The van der Waals surface area contributed by atoms with E-state index in [4.69, 9.17) is 9.88 Å². The summed E-state index contributed by atoms with van der Waals surface area (Å²) in [4.78, 5) is 0. The fourth-order valence-electron chi connectivity index (χ4n) is 2.00. The van der Waals surface area contributed by atoms with E-state index in [9.17, 15) is 8.42 Å². The molecule has 4 nitrogen and oxygen atoms in total. The van der Waals surface area contributed by atoms with Gasteiger partial charge >= 0.3 is 0 Å². The van der Waals surface area contributed by atoms with E-state index in [1.807, 2.05) is 46.8 Å². The first kappa shape index (κ1) is 16.0. The zero-order valence-corrected chi connectivity index (χ0v) is 13.1. The molecule has 5 heteroatoms. The second kappa shape index (κ2) is 5.51. The number of sulfonamides is 1. The third-order valence-electron chi connectivity index (χ3n) is 3.07. The molecule has 0 saturated carbocycles. The minimum Gasteiger partial charge on any atom is -0.492 e. The van der Waals surface area contributed by atoms with Gasteiger partial charge in [-0.25, -0.2) is 13.6 Å². The number of aryl methyl sites for hydroxylation is 2. The van der Waals surface area contributed by atoms with Crippen LogP contribution in [0.2, 0.25) is 0 Å². The summed E-state index contributed by atoms with van der Waals surface area (Å²) < 4.78 is 28.2. The second-order valence-electron chi connectivity index (χ2n) is 5.91. The highest BCUT2D eigenvalue weighted by Crippen LogP contribution is 2.28. The molecule has 1 aromatic carbocycles. The van der Waals surface area contributed by atoms with E-state index in [0.29, 0.717) is 6.61 Å². The van der Waals surface area contributed by atoms with Crippen LogP contribution < -0.4 is 9.88 Å². The van der Waals surface area contributed by atoms with E-state index < -0.39 is 15.4 Å². The lowest BCUT2D eigenvalue weighted by Gasteiger charge is -2.25. The molecule has 19 heavy (non-hydrogen) atoms. The zero-order valence-electron chi connectivity index (χ0n) is 12.3. The minimum atomic E-state index is -3.49. The van der Waals surface area contributed by atoms with Gasteiger partial charge in [0.1, 0.15) is 5.75 Å². The molecule has 0 unspecified atom stereocenters. The topological polar surface area (TPSA) is 69.4 Å². The monoisotopic (exact) mass is 285 g/mol. The molecular formula is C14H23NO3S. The molecule has 2 N–H and O–H groups in total. The van der Waals surface area contributed by atoms with Crippen molar-refractivity contribution in [3.63, 3.8) is 0 Å². The summed E-state index contributed by atoms with van der Waals surface area (Å²) in [6.07, 6.45) is 0. The average Bonchev–Trinajstić information content (AvgIpc) is 2.20. The summed E-state index contributed by atoms with van der Waals surface area (Å²) in [6, 6.07) is 4.05. The predicted octanol–water partition coefficient (Wildman–Crippen LogP) is 2.31. The third kappa shape index (κ3) is 4.84. The van der Waals surface area contributed by atoms with Crippen LogP contribution in [-0.2, 0) is 10.0 Å². The Bertz CT molecular complexity index is 562. The van der Waals surface area contributed by atoms with Crippen LogP contribution in [0.4, 0.5) is 0 Å². The van der Waals surface area contributed by atoms with Crippen molar-refractivity contribution in [2.24, 2.45) is 10.6 Å². The molecule has 0 atom stereocenters. The molecule has 0 heterocycles. The number of rotatable bonds is 5. The van der Waals surface area contributed by atoms with Gasteiger partial charge in [-0.05, 0) is 37.5 Å². The molecular weight excluding hydrogens is 262 g/mol. The Hall–Kier alpha value is -1.07.